The first-order valence-electron chi connectivity index (χ1n) is 6.06. The number of nitrogens with two attached hydrogens (primary N) is 1. The number of aliphatic hydroxyl groups is 1. The summed E-state index contributed by atoms with van der Waals surface area (Å²) in [6.45, 7) is -0.448. The predicted octanol–water partition coefficient (Wildman–Crippen LogP) is 0.00490. The highest BCUT2D eigenvalue weighted by Gasteiger charge is 2.15. The first-order chi connectivity index (χ1) is 9.51. The van der Waals surface area contributed by atoms with E-state index in [4.69, 9.17) is 10.8 Å². The topological polar surface area (TPSA) is 93.1 Å². The van der Waals surface area contributed by atoms with Gasteiger partial charge in [0.05, 0.1) is 31.3 Å². The number of nitrogens with zero attached hydrogens (tertiary/aromatic N) is 5. The summed E-state index contributed by atoms with van der Waals surface area (Å²) in [6.07, 6.45) is -0.932. The maximum absolute atomic E-state index is 12.5. The second-order valence-corrected chi connectivity index (χ2v) is 4.38. The van der Waals surface area contributed by atoms with Crippen LogP contribution in [-0.4, -0.2) is 55.9 Å². The molecule has 2 heterocycles. The number of fused-ring (bicyclic) bond motifs is 1. The lowest BCUT2D eigenvalue weighted by atomic mass is 10.3. The number of hydrogen-bond donors (Lipinski definition) is 2. The van der Waals surface area contributed by atoms with Gasteiger partial charge in [-0.25, -0.2) is 18.7 Å². The number of hydrogen-bond acceptors (Lipinski definition) is 6. The predicted molar refractivity (Wildman–Crippen MR) is 69.1 cm³/mol. The maximum Gasteiger partial charge on any atom is 0.251 e. The molecule has 0 aliphatic rings. The second-order valence-electron chi connectivity index (χ2n) is 4.38. The Hall–Kier alpha value is -1.87. The van der Waals surface area contributed by atoms with E-state index in [9.17, 15) is 8.78 Å². The van der Waals surface area contributed by atoms with Crippen molar-refractivity contribution in [2.75, 3.05) is 25.4 Å². The van der Waals surface area contributed by atoms with Crippen LogP contribution in [0.4, 0.5) is 14.6 Å². The molecule has 0 unspecified atom stereocenters. The van der Waals surface area contributed by atoms with Crippen LogP contribution in [0.2, 0.25) is 0 Å². The minimum Gasteiger partial charge on any atom is -0.395 e. The van der Waals surface area contributed by atoms with Crippen molar-refractivity contribution < 1.29 is 13.9 Å². The van der Waals surface area contributed by atoms with Gasteiger partial charge in [0.1, 0.15) is 11.6 Å². The Morgan fingerprint density at radius 2 is 2.20 bits per heavy atom. The zero-order valence-corrected chi connectivity index (χ0v) is 11.0. The zero-order valence-electron chi connectivity index (χ0n) is 11.0. The van der Waals surface area contributed by atoms with Crippen molar-refractivity contribution in [3.8, 4) is 0 Å². The van der Waals surface area contributed by atoms with Crippen LogP contribution in [0.1, 0.15) is 5.82 Å². The summed E-state index contributed by atoms with van der Waals surface area (Å²) in [5, 5.41) is 13.5. The quantitative estimate of drug-likeness (QED) is 0.776. The van der Waals surface area contributed by atoms with Gasteiger partial charge in [0.2, 0.25) is 0 Å². The van der Waals surface area contributed by atoms with Gasteiger partial charge in [-0.1, -0.05) is 0 Å². The summed E-state index contributed by atoms with van der Waals surface area (Å²) >= 11 is 0. The van der Waals surface area contributed by atoms with Gasteiger partial charge in [-0.15, -0.1) is 0 Å². The molecule has 0 spiro atoms. The molecule has 2 rings (SSSR count). The van der Waals surface area contributed by atoms with Crippen molar-refractivity contribution >= 4 is 16.9 Å². The standard InChI is InChI=1S/C11H16F2N6O/c1-18-11-7(4-15-18)10(14)16-9(17-11)6-19(2-3-20)5-8(12)13/h4,8,20H,2-3,5-6H2,1H3,(H2,14,16,17). The molecular weight excluding hydrogens is 270 g/mol. The molecule has 0 bridgehead atoms. The molecule has 2 aromatic heterocycles. The lowest BCUT2D eigenvalue weighted by molar-refractivity contribution is 0.0734. The van der Waals surface area contributed by atoms with Crippen LogP contribution in [0, 0.1) is 0 Å². The molecule has 0 fully saturated rings. The number of aliphatic hydroxyl groups excluding tert-OH is 1. The third kappa shape index (κ3) is 3.17. The number of halogens is 2. The van der Waals surface area contributed by atoms with Crippen LogP contribution in [-0.2, 0) is 13.6 Å². The van der Waals surface area contributed by atoms with E-state index in [0.717, 1.165) is 0 Å². The molecule has 0 aromatic carbocycles. The normalized spacial score (nSPS) is 11.9. The molecule has 110 valence electrons. The average Bonchev–Trinajstić information content (AvgIpc) is 2.71. The van der Waals surface area contributed by atoms with E-state index < -0.39 is 13.0 Å². The molecule has 20 heavy (non-hydrogen) atoms. The first kappa shape index (κ1) is 14.5. The molecule has 0 aliphatic heterocycles. The van der Waals surface area contributed by atoms with Gasteiger partial charge < -0.3 is 10.8 Å². The van der Waals surface area contributed by atoms with Gasteiger partial charge in [0.25, 0.3) is 6.43 Å². The third-order valence-electron chi connectivity index (χ3n) is 2.85. The van der Waals surface area contributed by atoms with Gasteiger partial charge in [-0.2, -0.15) is 5.10 Å². The van der Waals surface area contributed by atoms with E-state index in [-0.39, 0.29) is 25.5 Å². The van der Waals surface area contributed by atoms with Crippen LogP contribution >= 0.6 is 0 Å². The molecule has 9 heteroatoms. The largest absolute Gasteiger partial charge is 0.395 e. The molecular formula is C11H16F2N6O. The molecule has 0 atom stereocenters. The highest BCUT2D eigenvalue weighted by Crippen LogP contribution is 2.17. The van der Waals surface area contributed by atoms with E-state index in [1.165, 1.54) is 4.90 Å². The van der Waals surface area contributed by atoms with Crippen molar-refractivity contribution in [2.24, 2.45) is 7.05 Å². The van der Waals surface area contributed by atoms with E-state index >= 15 is 0 Å². The van der Waals surface area contributed by atoms with Crippen molar-refractivity contribution in [2.45, 2.75) is 13.0 Å². The zero-order chi connectivity index (χ0) is 14.7. The smallest absolute Gasteiger partial charge is 0.251 e. The Balaban J connectivity index is 2.25. The second kappa shape index (κ2) is 6.06. The van der Waals surface area contributed by atoms with Crippen LogP contribution < -0.4 is 5.73 Å². The van der Waals surface area contributed by atoms with Crippen molar-refractivity contribution in [3.05, 3.63) is 12.0 Å². The number of anilines is 1. The van der Waals surface area contributed by atoms with Gasteiger partial charge in [0.15, 0.2) is 5.65 Å². The van der Waals surface area contributed by atoms with Crippen LogP contribution in [0.3, 0.4) is 0 Å². The summed E-state index contributed by atoms with van der Waals surface area (Å²) in [5.74, 6) is 0.590. The minimum atomic E-state index is -2.49. The van der Waals surface area contributed by atoms with Crippen molar-refractivity contribution in [1.82, 2.24) is 24.6 Å². The fourth-order valence-corrected chi connectivity index (χ4v) is 1.93. The van der Waals surface area contributed by atoms with Crippen molar-refractivity contribution in [1.29, 1.82) is 0 Å². The summed E-state index contributed by atoms with van der Waals surface area (Å²) in [5.41, 5.74) is 6.35. The molecule has 0 radical (unpaired) electrons. The lowest BCUT2D eigenvalue weighted by Gasteiger charge is -2.19. The fraction of sp³-hybridized carbons (Fsp3) is 0.545. The van der Waals surface area contributed by atoms with E-state index in [2.05, 4.69) is 15.1 Å². The molecule has 3 N–H and O–H groups in total. The number of aryl methyl sites for hydroxylation is 1. The molecule has 0 saturated carbocycles. The summed E-state index contributed by atoms with van der Waals surface area (Å²) in [7, 11) is 1.71. The summed E-state index contributed by atoms with van der Waals surface area (Å²) < 4.78 is 26.5. The third-order valence-corrected chi connectivity index (χ3v) is 2.85. The maximum atomic E-state index is 12.5. The highest BCUT2D eigenvalue weighted by atomic mass is 19.3. The number of aromatic nitrogens is 4. The Bertz CT molecular complexity index is 588. The molecule has 0 amide bonds. The summed E-state index contributed by atoms with van der Waals surface area (Å²) in [6, 6.07) is 0. The molecule has 7 nitrogen and oxygen atoms in total. The Kier molecular flexibility index (Phi) is 4.40. The minimum absolute atomic E-state index is 0.0935. The van der Waals surface area contributed by atoms with Gasteiger partial charge in [-0.05, 0) is 0 Å². The van der Waals surface area contributed by atoms with Crippen molar-refractivity contribution in [3.63, 3.8) is 0 Å². The number of rotatable bonds is 6. The Morgan fingerprint density at radius 1 is 1.45 bits per heavy atom. The monoisotopic (exact) mass is 286 g/mol. The SMILES string of the molecule is Cn1ncc2c(N)nc(CN(CCO)CC(F)F)nc21. The Morgan fingerprint density at radius 3 is 2.85 bits per heavy atom. The average molecular weight is 286 g/mol. The molecule has 0 aliphatic carbocycles. The summed E-state index contributed by atoms with van der Waals surface area (Å²) in [4.78, 5) is 9.73. The van der Waals surface area contributed by atoms with Crippen LogP contribution in [0.5, 0.6) is 0 Å². The van der Waals surface area contributed by atoms with Crippen LogP contribution in [0.15, 0.2) is 6.20 Å². The first-order valence-corrected chi connectivity index (χ1v) is 6.06. The van der Waals surface area contributed by atoms with Gasteiger partial charge in [0, 0.05) is 13.6 Å². The van der Waals surface area contributed by atoms with Gasteiger partial charge in [-0.3, -0.25) is 9.58 Å². The lowest BCUT2D eigenvalue weighted by Crippen LogP contribution is -2.32. The Labute approximate surface area is 114 Å². The molecule has 2 aromatic rings. The van der Waals surface area contributed by atoms with Gasteiger partial charge >= 0.3 is 0 Å². The fourth-order valence-electron chi connectivity index (χ4n) is 1.93. The van der Waals surface area contributed by atoms with E-state index in [0.29, 0.717) is 16.9 Å². The van der Waals surface area contributed by atoms with E-state index in [1.807, 2.05) is 0 Å². The highest BCUT2D eigenvalue weighted by molar-refractivity contribution is 5.84. The number of nitrogen functional groups attached to an aromatic ring is 1. The number of alkyl halides is 2. The molecule has 0 saturated heterocycles. The van der Waals surface area contributed by atoms with E-state index in [1.54, 1.807) is 17.9 Å². The van der Waals surface area contributed by atoms with Crippen LogP contribution in [0.25, 0.3) is 11.0 Å².